The van der Waals surface area contributed by atoms with Crippen molar-refractivity contribution in [1.82, 2.24) is 24.7 Å². The SMILES string of the molecule is Cc1nn(C)c2nc(-c3ccco3)cc(C(=O)Nc3ccc(-c4nc5ccccc5[nH]4)cc3)c12. The average molecular weight is 448 g/mol. The fourth-order valence-corrected chi connectivity index (χ4v) is 4.17. The fraction of sp³-hybridized carbons (Fsp3) is 0.0769. The first kappa shape index (κ1) is 19.9. The van der Waals surface area contributed by atoms with E-state index in [1.54, 1.807) is 23.1 Å². The van der Waals surface area contributed by atoms with E-state index in [-0.39, 0.29) is 5.91 Å². The van der Waals surface area contributed by atoms with E-state index in [1.807, 2.05) is 68.6 Å². The molecule has 0 bridgehead atoms. The molecule has 2 aromatic carbocycles. The highest BCUT2D eigenvalue weighted by Gasteiger charge is 2.20. The van der Waals surface area contributed by atoms with Gasteiger partial charge in [0, 0.05) is 18.3 Å². The number of aromatic nitrogens is 5. The van der Waals surface area contributed by atoms with E-state index in [4.69, 9.17) is 4.42 Å². The number of carbonyl (C=O) groups is 1. The first-order valence-electron chi connectivity index (χ1n) is 10.8. The minimum Gasteiger partial charge on any atom is -0.463 e. The molecule has 0 radical (unpaired) electrons. The zero-order valence-electron chi connectivity index (χ0n) is 18.5. The second-order valence-corrected chi connectivity index (χ2v) is 8.07. The molecule has 6 rings (SSSR count). The van der Waals surface area contributed by atoms with Crippen LogP contribution in [0.15, 0.2) is 77.4 Å². The molecular weight excluding hydrogens is 428 g/mol. The maximum atomic E-state index is 13.4. The lowest BCUT2D eigenvalue weighted by Gasteiger charge is -2.09. The van der Waals surface area contributed by atoms with Crippen molar-refractivity contribution in [2.24, 2.45) is 7.05 Å². The van der Waals surface area contributed by atoms with Gasteiger partial charge in [0.25, 0.3) is 5.91 Å². The number of para-hydroxylation sites is 2. The van der Waals surface area contributed by atoms with Crippen LogP contribution in [0.3, 0.4) is 0 Å². The van der Waals surface area contributed by atoms with Crippen LogP contribution in [-0.2, 0) is 7.05 Å². The standard InChI is InChI=1S/C26H20N6O2/c1-15-23-18(14-21(22-8-5-13-34-22)30-25(23)32(2)31-15)26(33)27-17-11-9-16(10-12-17)24-28-19-6-3-4-7-20(19)29-24/h3-14H,1-2H3,(H,27,33)(H,28,29). The number of anilines is 1. The molecule has 8 heteroatoms. The molecule has 6 aromatic rings. The molecule has 0 atom stereocenters. The summed E-state index contributed by atoms with van der Waals surface area (Å²) < 4.78 is 7.19. The van der Waals surface area contributed by atoms with E-state index in [0.29, 0.717) is 33.7 Å². The smallest absolute Gasteiger partial charge is 0.256 e. The van der Waals surface area contributed by atoms with Gasteiger partial charge in [0.05, 0.1) is 33.9 Å². The molecule has 34 heavy (non-hydrogen) atoms. The highest BCUT2D eigenvalue weighted by Crippen LogP contribution is 2.28. The van der Waals surface area contributed by atoms with E-state index in [1.165, 1.54) is 0 Å². The quantitative estimate of drug-likeness (QED) is 0.379. The van der Waals surface area contributed by atoms with Gasteiger partial charge >= 0.3 is 0 Å². The monoisotopic (exact) mass is 448 g/mol. The van der Waals surface area contributed by atoms with Gasteiger partial charge in [-0.3, -0.25) is 9.48 Å². The third kappa shape index (κ3) is 3.32. The summed E-state index contributed by atoms with van der Waals surface area (Å²) in [4.78, 5) is 26.0. The normalized spacial score (nSPS) is 11.4. The van der Waals surface area contributed by atoms with E-state index in [2.05, 4.69) is 25.4 Å². The van der Waals surface area contributed by atoms with Gasteiger partial charge < -0.3 is 14.7 Å². The van der Waals surface area contributed by atoms with Crippen molar-refractivity contribution in [2.75, 3.05) is 5.32 Å². The lowest BCUT2D eigenvalue weighted by molar-refractivity contribution is 0.102. The predicted molar refractivity (Wildman–Crippen MR) is 130 cm³/mol. The number of hydrogen-bond acceptors (Lipinski definition) is 5. The summed E-state index contributed by atoms with van der Waals surface area (Å²) in [6.07, 6.45) is 1.58. The third-order valence-electron chi connectivity index (χ3n) is 5.79. The van der Waals surface area contributed by atoms with Gasteiger partial charge in [-0.1, -0.05) is 12.1 Å². The summed E-state index contributed by atoms with van der Waals surface area (Å²) in [5, 5.41) is 8.18. The zero-order chi connectivity index (χ0) is 23.2. The van der Waals surface area contributed by atoms with Crippen LogP contribution in [0.2, 0.25) is 0 Å². The molecule has 0 spiro atoms. The van der Waals surface area contributed by atoms with Gasteiger partial charge in [-0.25, -0.2) is 9.97 Å². The van der Waals surface area contributed by atoms with E-state index in [9.17, 15) is 4.79 Å². The Labute approximate surface area is 194 Å². The molecule has 0 aliphatic heterocycles. The van der Waals surface area contributed by atoms with E-state index >= 15 is 0 Å². The number of hydrogen-bond donors (Lipinski definition) is 2. The van der Waals surface area contributed by atoms with Gasteiger partial charge in [-0.15, -0.1) is 0 Å². The topological polar surface area (TPSA) is 102 Å². The summed E-state index contributed by atoms with van der Waals surface area (Å²) in [6.45, 7) is 1.87. The van der Waals surface area contributed by atoms with Gasteiger partial charge in [0.2, 0.25) is 0 Å². The maximum absolute atomic E-state index is 13.4. The largest absolute Gasteiger partial charge is 0.463 e. The number of aryl methyl sites for hydroxylation is 2. The molecule has 0 unspecified atom stereocenters. The Hall–Kier alpha value is -4.72. The van der Waals surface area contributed by atoms with Gasteiger partial charge in [0.15, 0.2) is 11.4 Å². The molecule has 166 valence electrons. The number of amides is 1. The number of aromatic amines is 1. The third-order valence-corrected chi connectivity index (χ3v) is 5.79. The van der Waals surface area contributed by atoms with Crippen LogP contribution in [0.25, 0.3) is 44.9 Å². The minimum atomic E-state index is -0.243. The molecule has 0 aliphatic carbocycles. The lowest BCUT2D eigenvalue weighted by atomic mass is 10.1. The summed E-state index contributed by atoms with van der Waals surface area (Å²) in [5.74, 6) is 1.13. The molecule has 0 saturated heterocycles. The van der Waals surface area contributed by atoms with Crippen LogP contribution >= 0.6 is 0 Å². The summed E-state index contributed by atoms with van der Waals surface area (Å²) in [5.41, 5.74) is 5.93. The van der Waals surface area contributed by atoms with Gasteiger partial charge in [-0.2, -0.15) is 5.10 Å². The predicted octanol–water partition coefficient (Wildman–Crippen LogP) is 5.33. The number of pyridine rings is 1. The van der Waals surface area contributed by atoms with Gasteiger partial charge in [-0.05, 0) is 61.5 Å². The Kier molecular flexibility index (Phi) is 4.51. The Morgan fingerprint density at radius 1 is 1.03 bits per heavy atom. The van der Waals surface area contributed by atoms with Crippen LogP contribution < -0.4 is 5.32 Å². The molecular formula is C26H20N6O2. The van der Waals surface area contributed by atoms with Gasteiger partial charge in [0.1, 0.15) is 11.5 Å². The Bertz CT molecular complexity index is 1630. The van der Waals surface area contributed by atoms with Crippen LogP contribution in [0.4, 0.5) is 5.69 Å². The van der Waals surface area contributed by atoms with Crippen molar-refractivity contribution in [2.45, 2.75) is 6.92 Å². The summed E-state index contributed by atoms with van der Waals surface area (Å²) >= 11 is 0. The van der Waals surface area contributed by atoms with Crippen LogP contribution in [0.1, 0.15) is 16.1 Å². The van der Waals surface area contributed by atoms with Crippen LogP contribution in [0, 0.1) is 6.92 Å². The number of nitrogens with zero attached hydrogens (tertiary/aromatic N) is 4. The van der Waals surface area contributed by atoms with Crippen molar-refractivity contribution >= 4 is 33.7 Å². The second-order valence-electron chi connectivity index (χ2n) is 8.07. The first-order chi connectivity index (χ1) is 16.6. The second kappa shape index (κ2) is 7.70. The molecule has 8 nitrogen and oxygen atoms in total. The molecule has 1 amide bonds. The lowest BCUT2D eigenvalue weighted by Crippen LogP contribution is -2.13. The van der Waals surface area contributed by atoms with Crippen molar-refractivity contribution in [3.05, 3.63) is 84.3 Å². The Morgan fingerprint density at radius 3 is 2.62 bits per heavy atom. The van der Waals surface area contributed by atoms with Crippen molar-refractivity contribution in [3.8, 4) is 22.8 Å². The molecule has 0 aliphatic rings. The number of imidazole rings is 1. The molecule has 4 aromatic heterocycles. The van der Waals surface area contributed by atoms with E-state index in [0.717, 1.165) is 28.1 Å². The minimum absolute atomic E-state index is 0.243. The first-order valence-corrected chi connectivity index (χ1v) is 10.8. The van der Waals surface area contributed by atoms with Crippen molar-refractivity contribution < 1.29 is 9.21 Å². The van der Waals surface area contributed by atoms with Crippen molar-refractivity contribution in [1.29, 1.82) is 0 Å². The maximum Gasteiger partial charge on any atom is 0.256 e. The summed E-state index contributed by atoms with van der Waals surface area (Å²) in [6, 6.07) is 20.8. The molecule has 0 fully saturated rings. The van der Waals surface area contributed by atoms with Crippen molar-refractivity contribution in [3.63, 3.8) is 0 Å². The number of nitrogens with one attached hydrogen (secondary N) is 2. The average Bonchev–Trinajstić information content (AvgIpc) is 3.59. The molecule has 2 N–H and O–H groups in total. The highest BCUT2D eigenvalue weighted by atomic mass is 16.3. The molecule has 0 saturated carbocycles. The Balaban J connectivity index is 1.33. The highest BCUT2D eigenvalue weighted by molar-refractivity contribution is 6.13. The fourth-order valence-electron chi connectivity index (χ4n) is 4.17. The number of fused-ring (bicyclic) bond motifs is 2. The molecule has 4 heterocycles. The number of rotatable bonds is 4. The van der Waals surface area contributed by atoms with E-state index < -0.39 is 0 Å². The van der Waals surface area contributed by atoms with Crippen LogP contribution in [-0.4, -0.2) is 30.6 Å². The Morgan fingerprint density at radius 2 is 1.85 bits per heavy atom. The number of furan rings is 1. The number of carbonyl (C=O) groups excluding carboxylic acids is 1. The number of benzene rings is 2. The van der Waals surface area contributed by atoms with Crippen LogP contribution in [0.5, 0.6) is 0 Å². The zero-order valence-corrected chi connectivity index (χ0v) is 18.5. The summed E-state index contributed by atoms with van der Waals surface area (Å²) in [7, 11) is 1.81. The number of H-pyrrole nitrogens is 1.